The lowest BCUT2D eigenvalue weighted by Crippen LogP contribution is -2.42. The highest BCUT2D eigenvalue weighted by Gasteiger charge is 2.69. The maximum atomic E-state index is 14.1. The minimum absolute atomic E-state index is 0.0312. The highest BCUT2D eigenvalue weighted by molar-refractivity contribution is 8.00. The summed E-state index contributed by atoms with van der Waals surface area (Å²) < 4.78 is 11.4. The molecule has 4 aromatic rings. The number of rotatable bonds is 7. The van der Waals surface area contributed by atoms with Crippen molar-refractivity contribution >= 4 is 87.0 Å². The third-order valence-electron chi connectivity index (χ3n) is 9.92. The number of thioether (sulfide) groups is 1. The molecule has 2 aliphatic heterocycles. The second-order valence-electron chi connectivity index (χ2n) is 12.3. The molecule has 3 fully saturated rings. The predicted octanol–water partition coefficient (Wildman–Crippen LogP) is 7.10. The highest BCUT2D eigenvalue weighted by Crippen LogP contribution is 2.69. The third-order valence-corrected chi connectivity index (χ3v) is 13.5. The number of nitrogens with zero attached hydrogens (tertiary/aromatic N) is 1. The van der Waals surface area contributed by atoms with E-state index in [1.54, 1.807) is 73.5 Å². The van der Waals surface area contributed by atoms with E-state index in [-0.39, 0.29) is 52.2 Å². The average molecular weight is 743 g/mol. The summed E-state index contributed by atoms with van der Waals surface area (Å²) in [6.07, 6.45) is 0.726. The smallest absolute Gasteiger partial charge is 0.305 e. The molecule has 3 amide bonds. The lowest BCUT2D eigenvalue weighted by molar-refractivity contribution is -0.123. The summed E-state index contributed by atoms with van der Waals surface area (Å²) in [7, 11) is 1.56. The minimum atomic E-state index is -0.480. The molecule has 4 unspecified atom stereocenters. The molecular weight excluding hydrogens is 717 g/mol. The van der Waals surface area contributed by atoms with Crippen LogP contribution in [0.5, 0.6) is 11.5 Å². The monoisotopic (exact) mass is 741 g/mol. The number of thiazole rings is 1. The van der Waals surface area contributed by atoms with E-state index in [1.165, 1.54) is 4.90 Å². The number of aromatic amines is 1. The van der Waals surface area contributed by atoms with Gasteiger partial charge in [-0.1, -0.05) is 46.1 Å². The van der Waals surface area contributed by atoms with E-state index in [2.05, 4.69) is 10.3 Å². The van der Waals surface area contributed by atoms with Gasteiger partial charge in [0.25, 0.3) is 5.91 Å². The molecular formula is C34H26Cl3N3O6S2. The van der Waals surface area contributed by atoms with Crippen LogP contribution in [0.15, 0.2) is 70.5 Å². The third kappa shape index (κ3) is 5.13. The van der Waals surface area contributed by atoms with Gasteiger partial charge >= 0.3 is 4.87 Å². The summed E-state index contributed by atoms with van der Waals surface area (Å²) >= 11 is 21.4. The van der Waals surface area contributed by atoms with Gasteiger partial charge in [-0.15, -0.1) is 11.8 Å². The maximum Gasteiger partial charge on any atom is 0.305 e. The van der Waals surface area contributed by atoms with Gasteiger partial charge in [0, 0.05) is 32.3 Å². The number of ether oxygens (including phenoxy) is 2. The number of benzene rings is 3. The van der Waals surface area contributed by atoms with Crippen molar-refractivity contribution in [3.05, 3.63) is 95.8 Å². The van der Waals surface area contributed by atoms with E-state index >= 15 is 0 Å². The molecule has 48 heavy (non-hydrogen) atoms. The normalized spacial score (nSPS) is 26.7. The fourth-order valence-corrected chi connectivity index (χ4v) is 11.5. The lowest BCUT2D eigenvalue weighted by atomic mass is 9.68. The Morgan fingerprint density at radius 2 is 1.71 bits per heavy atom. The van der Waals surface area contributed by atoms with Crippen molar-refractivity contribution in [1.29, 1.82) is 0 Å². The number of amides is 3. The van der Waals surface area contributed by atoms with E-state index in [0.717, 1.165) is 33.2 Å². The van der Waals surface area contributed by atoms with E-state index in [0.29, 0.717) is 37.9 Å². The zero-order chi connectivity index (χ0) is 33.4. The predicted molar refractivity (Wildman–Crippen MR) is 186 cm³/mol. The molecule has 3 heterocycles. The maximum absolute atomic E-state index is 14.1. The van der Waals surface area contributed by atoms with E-state index in [1.807, 2.05) is 6.07 Å². The summed E-state index contributed by atoms with van der Waals surface area (Å²) in [4.78, 5) is 58.7. The molecule has 8 rings (SSSR count). The lowest BCUT2D eigenvalue weighted by Gasteiger charge is -2.43. The Bertz CT molecular complexity index is 2050. The van der Waals surface area contributed by atoms with Crippen molar-refractivity contribution in [1.82, 2.24) is 4.98 Å². The Labute approximate surface area is 297 Å². The Morgan fingerprint density at radius 1 is 0.958 bits per heavy atom. The number of aromatic nitrogens is 1. The Hall–Kier alpha value is -3.48. The van der Waals surface area contributed by atoms with E-state index in [4.69, 9.17) is 44.3 Å². The SMILES string of the molecule is COc1ccc(N2C(=O)C3C(C2=O)[C@@H]2C[C@H]3C3Sc4[nH]c(=O)sc4[C@H](c4cc(Cl)ccc4OCC(=O)Nc4ccc(Cl)c(Cl)c4)C32)cc1. The summed E-state index contributed by atoms with van der Waals surface area (Å²) in [5, 5.41) is 4.64. The Balaban J connectivity index is 1.12. The molecule has 2 N–H and O–H groups in total. The van der Waals surface area contributed by atoms with Crippen LogP contribution in [0, 0.1) is 29.6 Å². The Morgan fingerprint density at radius 3 is 2.44 bits per heavy atom. The minimum Gasteiger partial charge on any atom is -0.497 e. The first kappa shape index (κ1) is 31.8. The summed E-state index contributed by atoms with van der Waals surface area (Å²) in [5.74, 6) is -1.23. The summed E-state index contributed by atoms with van der Waals surface area (Å²) in [6, 6.07) is 17.0. The molecule has 1 aromatic heterocycles. The number of halogens is 3. The van der Waals surface area contributed by atoms with Gasteiger partial charge in [-0.25, -0.2) is 0 Å². The average Bonchev–Trinajstić information content (AvgIpc) is 3.81. The number of imide groups is 1. The van der Waals surface area contributed by atoms with Crippen molar-refractivity contribution < 1.29 is 23.9 Å². The van der Waals surface area contributed by atoms with Crippen LogP contribution in [-0.4, -0.2) is 41.7 Å². The molecule has 2 bridgehead atoms. The van der Waals surface area contributed by atoms with Crippen LogP contribution >= 0.6 is 57.9 Å². The first-order valence-electron chi connectivity index (χ1n) is 15.2. The van der Waals surface area contributed by atoms with Gasteiger partial charge in [-0.05, 0) is 84.8 Å². The molecule has 9 nitrogen and oxygen atoms in total. The molecule has 246 valence electrons. The van der Waals surface area contributed by atoms with Crippen LogP contribution in [0.4, 0.5) is 11.4 Å². The van der Waals surface area contributed by atoms with Crippen LogP contribution in [0.1, 0.15) is 22.8 Å². The second kappa shape index (κ2) is 12.1. The molecule has 4 aliphatic rings. The fourth-order valence-electron chi connectivity index (χ4n) is 8.16. The molecule has 1 saturated heterocycles. The zero-order valence-corrected chi connectivity index (χ0v) is 29.0. The Kier molecular flexibility index (Phi) is 8.03. The van der Waals surface area contributed by atoms with Crippen LogP contribution in [0.3, 0.4) is 0 Å². The van der Waals surface area contributed by atoms with Crippen molar-refractivity contribution in [2.45, 2.75) is 22.6 Å². The molecule has 2 aliphatic carbocycles. The largest absolute Gasteiger partial charge is 0.497 e. The molecule has 0 spiro atoms. The van der Waals surface area contributed by atoms with Crippen LogP contribution in [0.25, 0.3) is 0 Å². The van der Waals surface area contributed by atoms with E-state index in [9.17, 15) is 19.2 Å². The van der Waals surface area contributed by atoms with Gasteiger partial charge in [-0.2, -0.15) is 0 Å². The molecule has 0 radical (unpaired) electrons. The number of anilines is 2. The van der Waals surface area contributed by atoms with Crippen molar-refractivity contribution in [3.8, 4) is 11.5 Å². The van der Waals surface area contributed by atoms with Gasteiger partial charge < -0.3 is 19.8 Å². The quantitative estimate of drug-likeness (QED) is 0.194. The molecule has 14 heteroatoms. The number of H-pyrrole nitrogens is 1. The van der Waals surface area contributed by atoms with Crippen molar-refractivity contribution in [3.63, 3.8) is 0 Å². The summed E-state index contributed by atoms with van der Waals surface area (Å²) in [6.45, 7) is -0.304. The number of fused-ring (bicyclic) bond motifs is 9. The second-order valence-corrected chi connectivity index (χ2v) is 15.8. The number of hydrogen-bond donors (Lipinski definition) is 2. The van der Waals surface area contributed by atoms with Gasteiger partial charge in [-0.3, -0.25) is 24.1 Å². The number of methoxy groups -OCH3 is 1. The van der Waals surface area contributed by atoms with Gasteiger partial charge in [0.2, 0.25) is 11.8 Å². The fraction of sp³-hybridized carbons (Fsp3) is 0.294. The van der Waals surface area contributed by atoms with Gasteiger partial charge in [0.15, 0.2) is 6.61 Å². The summed E-state index contributed by atoms with van der Waals surface area (Å²) in [5.41, 5.74) is 1.73. The standard InChI is InChI=1S/C34H26Cl3N3O6S2/c1-45-17-6-4-16(5-7-17)40-32(42)27-19-12-20(28(27)33(40)43)29-26(19)25(30-31(47-29)39-34(44)48-30)18-10-14(35)2-9-23(18)46-13-24(41)38-15-3-8-21(36)22(37)11-15/h2-11,19-20,25-29H,12-13H2,1H3,(H,38,41)(H,39,44)/t19-,20-,25-,26?,27?,28?,29?/m1/s1. The molecule has 2 saturated carbocycles. The highest BCUT2D eigenvalue weighted by atomic mass is 35.5. The van der Waals surface area contributed by atoms with E-state index < -0.39 is 17.7 Å². The van der Waals surface area contributed by atoms with Gasteiger partial charge in [0.05, 0.1) is 39.7 Å². The molecule has 7 atom stereocenters. The van der Waals surface area contributed by atoms with Crippen molar-refractivity contribution in [2.24, 2.45) is 29.6 Å². The van der Waals surface area contributed by atoms with Crippen LogP contribution in [-0.2, 0) is 14.4 Å². The first-order valence-corrected chi connectivity index (χ1v) is 18.0. The number of hydrogen-bond acceptors (Lipinski definition) is 8. The number of carbonyl (C=O) groups is 3. The zero-order valence-electron chi connectivity index (χ0n) is 25.1. The topological polar surface area (TPSA) is 118 Å². The number of carbonyl (C=O) groups excluding carboxylic acids is 3. The van der Waals surface area contributed by atoms with Crippen LogP contribution in [0.2, 0.25) is 15.1 Å². The number of nitrogens with one attached hydrogen (secondary N) is 2. The van der Waals surface area contributed by atoms with Gasteiger partial charge in [0.1, 0.15) is 11.5 Å². The first-order chi connectivity index (χ1) is 23.1. The van der Waals surface area contributed by atoms with Crippen molar-refractivity contribution in [2.75, 3.05) is 23.9 Å². The van der Waals surface area contributed by atoms with Crippen LogP contribution < -0.4 is 24.6 Å². The molecule has 3 aromatic carbocycles.